The number of nitrogens with one attached hydrogen (secondary N) is 1. The summed E-state index contributed by atoms with van der Waals surface area (Å²) in [5.41, 5.74) is 0.327. The van der Waals surface area contributed by atoms with Gasteiger partial charge in [0.15, 0.2) is 11.5 Å². The third-order valence-corrected chi connectivity index (χ3v) is 4.24. The Morgan fingerprint density at radius 3 is 2.36 bits per heavy atom. The minimum Gasteiger partial charge on any atom is -0.493 e. The van der Waals surface area contributed by atoms with E-state index < -0.39 is 11.7 Å². The lowest BCUT2D eigenvalue weighted by Crippen LogP contribution is -2.11. The van der Waals surface area contributed by atoms with E-state index in [9.17, 15) is 13.2 Å². The van der Waals surface area contributed by atoms with Crippen molar-refractivity contribution in [3.8, 4) is 11.5 Å². The predicted molar refractivity (Wildman–Crippen MR) is 90.6 cm³/mol. The molecule has 1 aliphatic carbocycles. The molecular weight excluding hydrogens is 331 g/mol. The first kappa shape index (κ1) is 17.5. The predicted octanol–water partition coefficient (Wildman–Crippen LogP) is 5.78. The van der Waals surface area contributed by atoms with Crippen LogP contribution in [0.15, 0.2) is 42.5 Å². The Balaban J connectivity index is 1.80. The second-order valence-corrected chi connectivity index (χ2v) is 6.09. The van der Waals surface area contributed by atoms with Crippen LogP contribution in [-0.2, 0) is 6.18 Å². The first-order chi connectivity index (χ1) is 12.0. The number of hydrogen-bond donors (Lipinski definition) is 1. The van der Waals surface area contributed by atoms with Gasteiger partial charge < -0.3 is 14.8 Å². The molecule has 3 rings (SSSR count). The second kappa shape index (κ2) is 7.25. The van der Waals surface area contributed by atoms with Crippen LogP contribution in [-0.4, -0.2) is 13.2 Å². The summed E-state index contributed by atoms with van der Waals surface area (Å²) < 4.78 is 49.8. The molecule has 6 heteroatoms. The zero-order valence-electron chi connectivity index (χ0n) is 13.9. The molecule has 0 saturated heterocycles. The largest absolute Gasteiger partial charge is 0.493 e. The molecule has 1 aliphatic rings. The van der Waals surface area contributed by atoms with Gasteiger partial charge in [-0.1, -0.05) is 6.07 Å². The fraction of sp³-hybridized carbons (Fsp3) is 0.368. The van der Waals surface area contributed by atoms with E-state index in [0.29, 0.717) is 22.9 Å². The maximum absolute atomic E-state index is 12.8. The summed E-state index contributed by atoms with van der Waals surface area (Å²) in [6.45, 7) is 0. The summed E-state index contributed by atoms with van der Waals surface area (Å²) in [5.74, 6) is 1.22. The molecule has 2 aromatic carbocycles. The molecule has 0 amide bonds. The van der Waals surface area contributed by atoms with Crippen LogP contribution in [0.1, 0.15) is 31.2 Å². The van der Waals surface area contributed by atoms with Crippen LogP contribution in [0, 0.1) is 0 Å². The van der Waals surface area contributed by atoms with Gasteiger partial charge in [-0.2, -0.15) is 13.2 Å². The number of benzene rings is 2. The minimum atomic E-state index is -4.37. The fourth-order valence-corrected chi connectivity index (χ4v) is 2.97. The average molecular weight is 351 g/mol. The molecule has 0 spiro atoms. The molecule has 0 atom stereocenters. The SMILES string of the molecule is COc1ccc(Nc2cccc(C(F)(F)F)c2)cc1OC1CCCC1. The number of halogens is 3. The molecule has 134 valence electrons. The third-order valence-electron chi connectivity index (χ3n) is 4.24. The van der Waals surface area contributed by atoms with E-state index in [4.69, 9.17) is 9.47 Å². The normalized spacial score (nSPS) is 15.2. The summed E-state index contributed by atoms with van der Waals surface area (Å²) >= 11 is 0. The van der Waals surface area contributed by atoms with Gasteiger partial charge in [0.25, 0.3) is 0 Å². The second-order valence-electron chi connectivity index (χ2n) is 6.09. The van der Waals surface area contributed by atoms with Crippen molar-refractivity contribution in [2.45, 2.75) is 38.0 Å². The Hall–Kier alpha value is -2.37. The molecule has 3 nitrogen and oxygen atoms in total. The Labute approximate surface area is 144 Å². The molecule has 0 unspecified atom stereocenters. The van der Waals surface area contributed by atoms with E-state index in [2.05, 4.69) is 5.32 Å². The number of rotatable bonds is 5. The van der Waals surface area contributed by atoms with Crippen LogP contribution in [0.3, 0.4) is 0 Å². The van der Waals surface area contributed by atoms with E-state index in [-0.39, 0.29) is 6.10 Å². The highest BCUT2D eigenvalue weighted by atomic mass is 19.4. The number of hydrogen-bond acceptors (Lipinski definition) is 3. The molecule has 0 radical (unpaired) electrons. The molecule has 1 fully saturated rings. The number of anilines is 2. The minimum absolute atomic E-state index is 0.165. The van der Waals surface area contributed by atoms with Gasteiger partial charge in [0.1, 0.15) is 0 Å². The lowest BCUT2D eigenvalue weighted by Gasteiger charge is -2.17. The Morgan fingerprint density at radius 2 is 1.68 bits per heavy atom. The number of methoxy groups -OCH3 is 1. The molecule has 0 bridgehead atoms. The van der Waals surface area contributed by atoms with Crippen LogP contribution in [0.4, 0.5) is 24.5 Å². The zero-order valence-corrected chi connectivity index (χ0v) is 13.9. The summed E-state index contributed by atoms with van der Waals surface area (Å²) in [6.07, 6.45) is 0.111. The van der Waals surface area contributed by atoms with Gasteiger partial charge >= 0.3 is 6.18 Å². The van der Waals surface area contributed by atoms with Crippen molar-refractivity contribution < 1.29 is 22.6 Å². The molecule has 0 heterocycles. The fourth-order valence-electron chi connectivity index (χ4n) is 2.97. The van der Waals surface area contributed by atoms with E-state index in [1.165, 1.54) is 6.07 Å². The van der Waals surface area contributed by atoms with Crippen LogP contribution >= 0.6 is 0 Å². The summed E-state index contributed by atoms with van der Waals surface area (Å²) in [4.78, 5) is 0. The van der Waals surface area contributed by atoms with Crippen molar-refractivity contribution in [2.75, 3.05) is 12.4 Å². The van der Waals surface area contributed by atoms with Crippen molar-refractivity contribution in [2.24, 2.45) is 0 Å². The van der Waals surface area contributed by atoms with Crippen LogP contribution < -0.4 is 14.8 Å². The Bertz CT molecular complexity index is 725. The van der Waals surface area contributed by atoms with E-state index in [1.54, 1.807) is 31.4 Å². The van der Waals surface area contributed by atoms with Gasteiger partial charge in [-0.25, -0.2) is 0 Å². The highest BCUT2D eigenvalue weighted by Crippen LogP contribution is 2.36. The van der Waals surface area contributed by atoms with Gasteiger partial charge in [-0.05, 0) is 56.0 Å². The molecule has 25 heavy (non-hydrogen) atoms. The topological polar surface area (TPSA) is 30.5 Å². The maximum atomic E-state index is 12.8. The molecular formula is C19H20F3NO2. The van der Waals surface area contributed by atoms with Crippen molar-refractivity contribution in [3.63, 3.8) is 0 Å². The van der Waals surface area contributed by atoms with Crippen molar-refractivity contribution in [1.29, 1.82) is 0 Å². The van der Waals surface area contributed by atoms with Crippen LogP contribution in [0.25, 0.3) is 0 Å². The molecule has 0 aliphatic heterocycles. The average Bonchev–Trinajstić information content (AvgIpc) is 3.08. The van der Waals surface area contributed by atoms with Gasteiger partial charge in [0.05, 0.1) is 18.8 Å². The van der Waals surface area contributed by atoms with Crippen LogP contribution in [0.5, 0.6) is 11.5 Å². The quantitative estimate of drug-likeness (QED) is 0.741. The Kier molecular flexibility index (Phi) is 5.06. The van der Waals surface area contributed by atoms with Crippen molar-refractivity contribution in [1.82, 2.24) is 0 Å². The Morgan fingerprint density at radius 1 is 0.960 bits per heavy atom. The lowest BCUT2D eigenvalue weighted by atomic mass is 10.2. The van der Waals surface area contributed by atoms with Gasteiger partial charge in [-0.3, -0.25) is 0 Å². The maximum Gasteiger partial charge on any atom is 0.416 e. The first-order valence-electron chi connectivity index (χ1n) is 8.25. The third kappa shape index (κ3) is 4.38. The van der Waals surface area contributed by atoms with Gasteiger partial charge in [0.2, 0.25) is 0 Å². The zero-order chi connectivity index (χ0) is 17.9. The van der Waals surface area contributed by atoms with Gasteiger partial charge in [0, 0.05) is 17.4 Å². The summed E-state index contributed by atoms with van der Waals surface area (Å²) in [7, 11) is 1.57. The number of ether oxygens (including phenoxy) is 2. The standard InChI is InChI=1S/C19H20F3NO2/c1-24-17-10-9-15(12-18(17)25-16-7-2-3-8-16)23-14-6-4-5-13(11-14)19(20,21)22/h4-6,9-12,16,23H,2-3,7-8H2,1H3. The smallest absolute Gasteiger partial charge is 0.416 e. The van der Waals surface area contributed by atoms with E-state index >= 15 is 0 Å². The first-order valence-corrected chi connectivity index (χ1v) is 8.25. The molecule has 2 aromatic rings. The highest BCUT2D eigenvalue weighted by Gasteiger charge is 2.30. The molecule has 0 aromatic heterocycles. The van der Waals surface area contributed by atoms with Gasteiger partial charge in [-0.15, -0.1) is 0 Å². The monoisotopic (exact) mass is 351 g/mol. The van der Waals surface area contributed by atoms with E-state index in [1.807, 2.05) is 0 Å². The molecule has 1 N–H and O–H groups in total. The number of alkyl halides is 3. The molecule has 1 saturated carbocycles. The summed E-state index contributed by atoms with van der Waals surface area (Å²) in [6, 6.07) is 10.4. The highest BCUT2D eigenvalue weighted by molar-refractivity contribution is 5.64. The van der Waals surface area contributed by atoms with Crippen molar-refractivity contribution >= 4 is 11.4 Å². The van der Waals surface area contributed by atoms with Crippen LogP contribution in [0.2, 0.25) is 0 Å². The summed E-state index contributed by atoms with van der Waals surface area (Å²) in [5, 5.41) is 3.00. The van der Waals surface area contributed by atoms with Crippen molar-refractivity contribution in [3.05, 3.63) is 48.0 Å². The van der Waals surface area contributed by atoms with E-state index in [0.717, 1.165) is 37.8 Å². The lowest BCUT2D eigenvalue weighted by molar-refractivity contribution is -0.137.